The van der Waals surface area contributed by atoms with Gasteiger partial charge in [-0.25, -0.2) is 0 Å². The minimum Gasteiger partial charge on any atom is -0.459 e. The maximum Gasteiger partial charge on any atom is 0.425 e. The van der Waals surface area contributed by atoms with Crippen LogP contribution in [0.15, 0.2) is 64.4 Å². The van der Waals surface area contributed by atoms with Crippen molar-refractivity contribution >= 4 is 17.6 Å². The molecular weight excluding hydrogens is 389 g/mol. The van der Waals surface area contributed by atoms with E-state index in [-0.39, 0.29) is 12.2 Å². The first-order valence-corrected chi connectivity index (χ1v) is 8.60. The Hall–Kier alpha value is -3.36. The van der Waals surface area contributed by atoms with Crippen molar-refractivity contribution in [3.8, 4) is 0 Å². The lowest BCUT2D eigenvalue weighted by Crippen LogP contribution is -2.66. The van der Waals surface area contributed by atoms with Crippen LogP contribution in [0.25, 0.3) is 0 Å². The molecular formula is C20H17F3N2O4. The van der Waals surface area contributed by atoms with Gasteiger partial charge in [-0.05, 0) is 31.5 Å². The van der Waals surface area contributed by atoms with Crippen LogP contribution in [0.5, 0.6) is 0 Å². The number of furan rings is 1. The fraction of sp³-hybridized carbons (Fsp3) is 0.250. The van der Waals surface area contributed by atoms with Gasteiger partial charge in [0.25, 0.3) is 11.8 Å². The summed E-state index contributed by atoms with van der Waals surface area (Å²) in [6, 6.07) is 10.8. The van der Waals surface area contributed by atoms with Crippen molar-refractivity contribution in [2.45, 2.75) is 32.1 Å². The molecule has 1 unspecified atom stereocenters. The van der Waals surface area contributed by atoms with Gasteiger partial charge in [-0.1, -0.05) is 30.3 Å². The molecule has 1 aliphatic rings. The number of carbonyl (C=O) groups is 3. The van der Waals surface area contributed by atoms with Crippen LogP contribution in [0, 0.1) is 0 Å². The number of alkyl halides is 3. The first-order chi connectivity index (χ1) is 13.6. The normalized spacial score (nSPS) is 19.6. The van der Waals surface area contributed by atoms with Crippen molar-refractivity contribution in [3.05, 3.63) is 71.3 Å². The van der Waals surface area contributed by atoms with E-state index in [1.807, 2.05) is 0 Å². The summed E-state index contributed by atoms with van der Waals surface area (Å²) in [5.41, 5.74) is -3.91. The number of amides is 2. The second kappa shape index (κ2) is 7.23. The number of rotatable bonds is 5. The third-order valence-corrected chi connectivity index (χ3v) is 4.71. The van der Waals surface area contributed by atoms with Gasteiger partial charge in [0, 0.05) is 5.70 Å². The first-order valence-electron chi connectivity index (χ1n) is 8.60. The summed E-state index contributed by atoms with van der Waals surface area (Å²) in [6.45, 7) is 2.00. The van der Waals surface area contributed by atoms with Crippen LogP contribution in [0.2, 0.25) is 0 Å². The molecule has 0 radical (unpaired) electrons. The van der Waals surface area contributed by atoms with Gasteiger partial charge in [-0.15, -0.1) is 0 Å². The number of Topliss-reactive ketones (excluding diaryl/α,β-unsaturated/α-hetero) is 1. The Labute approximate surface area is 164 Å². The highest BCUT2D eigenvalue weighted by molar-refractivity contribution is 6.12. The molecule has 0 saturated heterocycles. The molecule has 1 atom stereocenters. The maximum atomic E-state index is 14.3. The number of halogens is 3. The van der Waals surface area contributed by atoms with Crippen LogP contribution >= 0.6 is 0 Å². The summed E-state index contributed by atoms with van der Waals surface area (Å²) < 4.78 is 47.7. The highest BCUT2D eigenvalue weighted by atomic mass is 19.4. The van der Waals surface area contributed by atoms with Gasteiger partial charge in [-0.3, -0.25) is 14.4 Å². The average molecular weight is 406 g/mol. The molecule has 1 aromatic heterocycles. The van der Waals surface area contributed by atoms with E-state index in [0.29, 0.717) is 5.56 Å². The second-order valence-electron chi connectivity index (χ2n) is 6.57. The van der Waals surface area contributed by atoms with Gasteiger partial charge in [0.2, 0.25) is 5.54 Å². The fourth-order valence-electron chi connectivity index (χ4n) is 3.43. The molecule has 6 nitrogen and oxygen atoms in total. The highest BCUT2D eigenvalue weighted by Gasteiger charge is 2.70. The number of benzene rings is 1. The predicted octanol–water partition coefficient (Wildman–Crippen LogP) is 3.22. The van der Waals surface area contributed by atoms with Crippen LogP contribution < -0.4 is 5.32 Å². The number of ketones is 1. The molecule has 1 N–H and O–H groups in total. The van der Waals surface area contributed by atoms with Gasteiger partial charge in [-0.2, -0.15) is 13.2 Å². The lowest BCUT2D eigenvalue weighted by molar-refractivity contribution is -0.190. The number of hydrogen-bond donors (Lipinski definition) is 1. The summed E-state index contributed by atoms with van der Waals surface area (Å²) in [6.07, 6.45) is -4.15. The topological polar surface area (TPSA) is 79.6 Å². The summed E-state index contributed by atoms with van der Waals surface area (Å²) >= 11 is 0. The third kappa shape index (κ3) is 3.32. The molecule has 0 saturated carbocycles. The van der Waals surface area contributed by atoms with Crippen molar-refractivity contribution < 1.29 is 32.0 Å². The van der Waals surface area contributed by atoms with E-state index in [1.165, 1.54) is 13.0 Å². The minimum atomic E-state index is -5.26. The molecule has 3 rings (SSSR count). The van der Waals surface area contributed by atoms with E-state index >= 15 is 0 Å². The van der Waals surface area contributed by atoms with Crippen molar-refractivity contribution in [2.75, 3.05) is 0 Å². The smallest absolute Gasteiger partial charge is 0.425 e. The van der Waals surface area contributed by atoms with Gasteiger partial charge in [0.15, 0.2) is 11.5 Å². The zero-order chi connectivity index (χ0) is 21.4. The van der Waals surface area contributed by atoms with Crippen molar-refractivity contribution in [2.24, 2.45) is 0 Å². The number of carbonyl (C=O) groups excluding carboxylic acids is 3. The molecule has 2 aromatic rings. The van der Waals surface area contributed by atoms with E-state index < -0.39 is 40.6 Å². The van der Waals surface area contributed by atoms with Gasteiger partial charge in [0.1, 0.15) is 0 Å². The highest BCUT2D eigenvalue weighted by Crippen LogP contribution is 2.45. The summed E-state index contributed by atoms with van der Waals surface area (Å²) in [5.74, 6) is -4.09. The molecule has 1 aromatic carbocycles. The number of nitrogens with zero attached hydrogens (tertiary/aromatic N) is 1. The second-order valence-corrected chi connectivity index (χ2v) is 6.57. The monoisotopic (exact) mass is 406 g/mol. The molecule has 2 heterocycles. The van der Waals surface area contributed by atoms with E-state index in [4.69, 9.17) is 4.42 Å². The van der Waals surface area contributed by atoms with Crippen molar-refractivity contribution in [3.63, 3.8) is 0 Å². The van der Waals surface area contributed by atoms with E-state index in [9.17, 15) is 27.6 Å². The Morgan fingerprint density at radius 1 is 1.14 bits per heavy atom. The molecule has 2 amide bonds. The summed E-state index contributed by atoms with van der Waals surface area (Å²) in [7, 11) is 0. The number of nitrogens with one attached hydrogen (secondary N) is 1. The van der Waals surface area contributed by atoms with E-state index in [2.05, 4.69) is 0 Å². The standard InChI is InChI=1S/C20H17F3N2O4/c1-12-16(13(2)26)19(20(21,22)23,24-17(27)15-9-6-10-29-15)18(28)25(12)11-14-7-4-3-5-8-14/h3-10H,11H2,1-2H3,(H,24,27). The molecule has 1 aliphatic heterocycles. The van der Waals surface area contributed by atoms with E-state index in [0.717, 1.165) is 24.2 Å². The minimum absolute atomic E-state index is 0.163. The predicted molar refractivity (Wildman–Crippen MR) is 95.3 cm³/mol. The van der Waals surface area contributed by atoms with Crippen LogP contribution in [-0.4, -0.2) is 34.2 Å². The molecule has 0 bridgehead atoms. The van der Waals surface area contributed by atoms with Gasteiger partial charge >= 0.3 is 6.18 Å². The zero-order valence-corrected chi connectivity index (χ0v) is 15.5. The Bertz CT molecular complexity index is 981. The average Bonchev–Trinajstić information content (AvgIpc) is 3.25. The number of allylic oxidation sites excluding steroid dienone is 1. The van der Waals surface area contributed by atoms with Crippen LogP contribution in [0.4, 0.5) is 13.2 Å². The third-order valence-electron chi connectivity index (χ3n) is 4.71. The SMILES string of the molecule is CC(=O)C1=C(C)N(Cc2ccccc2)C(=O)C1(NC(=O)c1ccco1)C(F)(F)F. The Balaban J connectivity index is 2.12. The zero-order valence-electron chi connectivity index (χ0n) is 15.5. The van der Waals surface area contributed by atoms with Gasteiger partial charge < -0.3 is 14.6 Å². The first kappa shape index (κ1) is 20.4. The lowest BCUT2D eigenvalue weighted by atomic mass is 9.86. The number of hydrogen-bond acceptors (Lipinski definition) is 4. The van der Waals surface area contributed by atoms with E-state index in [1.54, 1.807) is 35.6 Å². The Morgan fingerprint density at radius 2 is 1.79 bits per heavy atom. The largest absolute Gasteiger partial charge is 0.459 e. The van der Waals surface area contributed by atoms with Gasteiger partial charge in [0.05, 0.1) is 18.4 Å². The van der Waals surface area contributed by atoms with Crippen molar-refractivity contribution in [1.29, 1.82) is 0 Å². The Kier molecular flexibility index (Phi) is 5.08. The fourth-order valence-corrected chi connectivity index (χ4v) is 3.43. The molecule has 0 aliphatic carbocycles. The Morgan fingerprint density at radius 3 is 2.31 bits per heavy atom. The quantitative estimate of drug-likeness (QED) is 0.827. The molecule has 152 valence electrons. The molecule has 9 heteroatoms. The van der Waals surface area contributed by atoms with Crippen LogP contribution in [0.1, 0.15) is 30.0 Å². The summed E-state index contributed by atoms with van der Waals surface area (Å²) in [4.78, 5) is 38.5. The molecule has 0 spiro atoms. The van der Waals surface area contributed by atoms with Crippen LogP contribution in [-0.2, 0) is 16.1 Å². The molecule has 0 fully saturated rings. The van der Waals surface area contributed by atoms with Crippen LogP contribution in [0.3, 0.4) is 0 Å². The molecule has 29 heavy (non-hydrogen) atoms. The summed E-state index contributed by atoms with van der Waals surface area (Å²) in [5, 5.41) is 1.73. The van der Waals surface area contributed by atoms with Crippen molar-refractivity contribution in [1.82, 2.24) is 10.2 Å². The maximum absolute atomic E-state index is 14.3. The lowest BCUT2D eigenvalue weighted by Gasteiger charge is -2.33.